The minimum atomic E-state index is -0.598. The van der Waals surface area contributed by atoms with Gasteiger partial charge in [-0.15, -0.1) is 5.10 Å². The van der Waals surface area contributed by atoms with Crippen LogP contribution in [0.4, 0.5) is 0 Å². The predicted octanol–water partition coefficient (Wildman–Crippen LogP) is 0.191. The first-order chi connectivity index (χ1) is 10.2. The van der Waals surface area contributed by atoms with E-state index in [1.165, 1.54) is 4.57 Å². The number of hydrogen-bond donors (Lipinski definition) is 2. The van der Waals surface area contributed by atoms with Gasteiger partial charge in [-0.2, -0.15) is 0 Å². The highest BCUT2D eigenvalue weighted by Gasteiger charge is 2.25. The first kappa shape index (κ1) is 13.6. The highest BCUT2D eigenvalue weighted by molar-refractivity contribution is 5.27. The van der Waals surface area contributed by atoms with E-state index >= 15 is 0 Å². The standard InChI is InChI=1S/C13H17N5O3/c19-11-10(9-3-1-2-4-9)12(20)18(13(21)15-11)8-7-17-6-5-14-16-17/h5-6,9,20H,1-4,7-8H2,(H,15,19,21). The van der Waals surface area contributed by atoms with Gasteiger partial charge in [-0.1, -0.05) is 18.1 Å². The van der Waals surface area contributed by atoms with Gasteiger partial charge in [-0.3, -0.25) is 19.0 Å². The molecule has 2 heterocycles. The van der Waals surface area contributed by atoms with Gasteiger partial charge in [-0.25, -0.2) is 4.79 Å². The van der Waals surface area contributed by atoms with Crippen molar-refractivity contribution < 1.29 is 5.11 Å². The second-order valence-corrected chi connectivity index (χ2v) is 5.30. The molecule has 2 aromatic heterocycles. The summed E-state index contributed by atoms with van der Waals surface area (Å²) in [5.41, 5.74) is -0.730. The average molecular weight is 291 g/mol. The quantitative estimate of drug-likeness (QED) is 0.836. The number of rotatable bonds is 4. The number of aromatic nitrogens is 5. The SMILES string of the molecule is O=c1[nH]c(=O)n(CCn2ccnn2)c(O)c1C1CCCC1. The third-order valence-corrected chi connectivity index (χ3v) is 3.99. The largest absolute Gasteiger partial charge is 0.494 e. The van der Waals surface area contributed by atoms with Gasteiger partial charge < -0.3 is 5.11 Å². The molecule has 0 atom stereocenters. The van der Waals surface area contributed by atoms with Crippen molar-refractivity contribution in [1.29, 1.82) is 0 Å². The Morgan fingerprint density at radius 2 is 2.05 bits per heavy atom. The van der Waals surface area contributed by atoms with E-state index in [-0.39, 0.29) is 18.3 Å². The fourth-order valence-electron chi connectivity index (χ4n) is 2.92. The molecule has 0 aromatic carbocycles. The van der Waals surface area contributed by atoms with Crippen LogP contribution in [0.25, 0.3) is 0 Å². The van der Waals surface area contributed by atoms with Gasteiger partial charge in [0, 0.05) is 6.20 Å². The van der Waals surface area contributed by atoms with Crippen molar-refractivity contribution >= 4 is 0 Å². The van der Waals surface area contributed by atoms with Crippen LogP contribution in [0, 0.1) is 0 Å². The van der Waals surface area contributed by atoms with Crippen LogP contribution < -0.4 is 11.2 Å². The van der Waals surface area contributed by atoms with Crippen LogP contribution in [0.5, 0.6) is 5.88 Å². The Morgan fingerprint density at radius 1 is 1.29 bits per heavy atom. The molecule has 1 fully saturated rings. The van der Waals surface area contributed by atoms with Gasteiger partial charge in [-0.05, 0) is 18.8 Å². The monoisotopic (exact) mass is 291 g/mol. The van der Waals surface area contributed by atoms with Gasteiger partial charge in [0.15, 0.2) is 0 Å². The lowest BCUT2D eigenvalue weighted by molar-refractivity contribution is 0.372. The molecule has 0 amide bonds. The molecule has 112 valence electrons. The molecule has 2 N–H and O–H groups in total. The van der Waals surface area contributed by atoms with E-state index in [9.17, 15) is 14.7 Å². The topological polar surface area (TPSA) is 106 Å². The van der Waals surface area contributed by atoms with Crippen LogP contribution in [0.3, 0.4) is 0 Å². The summed E-state index contributed by atoms with van der Waals surface area (Å²) in [7, 11) is 0. The summed E-state index contributed by atoms with van der Waals surface area (Å²) in [5, 5.41) is 17.8. The maximum Gasteiger partial charge on any atom is 0.331 e. The van der Waals surface area contributed by atoms with E-state index < -0.39 is 11.2 Å². The first-order valence-corrected chi connectivity index (χ1v) is 7.07. The van der Waals surface area contributed by atoms with Crippen LogP contribution in [0.1, 0.15) is 37.2 Å². The molecular weight excluding hydrogens is 274 g/mol. The molecule has 8 heteroatoms. The number of aryl methyl sites for hydroxylation is 1. The average Bonchev–Trinajstić information content (AvgIpc) is 3.10. The van der Waals surface area contributed by atoms with Gasteiger partial charge in [0.25, 0.3) is 5.56 Å². The Bertz CT molecular complexity index is 725. The summed E-state index contributed by atoms with van der Waals surface area (Å²) in [6.07, 6.45) is 7.05. The van der Waals surface area contributed by atoms with Crippen molar-refractivity contribution in [2.45, 2.75) is 44.7 Å². The molecule has 0 saturated heterocycles. The minimum absolute atomic E-state index is 0.0342. The molecule has 3 rings (SSSR count). The van der Waals surface area contributed by atoms with Gasteiger partial charge >= 0.3 is 5.69 Å². The van der Waals surface area contributed by atoms with E-state index in [1.54, 1.807) is 17.1 Å². The molecule has 0 aliphatic heterocycles. The molecule has 1 aliphatic carbocycles. The summed E-state index contributed by atoms with van der Waals surface area (Å²) in [6.45, 7) is 0.619. The normalized spacial score (nSPS) is 15.6. The van der Waals surface area contributed by atoms with E-state index in [0.29, 0.717) is 12.1 Å². The lowest BCUT2D eigenvalue weighted by Gasteiger charge is -2.14. The van der Waals surface area contributed by atoms with Crippen LogP contribution in [-0.2, 0) is 13.1 Å². The molecular formula is C13H17N5O3. The number of hydrogen-bond acceptors (Lipinski definition) is 5. The molecule has 1 aliphatic rings. The van der Waals surface area contributed by atoms with Crippen molar-refractivity contribution in [1.82, 2.24) is 24.5 Å². The van der Waals surface area contributed by atoms with E-state index in [0.717, 1.165) is 25.7 Å². The third-order valence-electron chi connectivity index (χ3n) is 3.99. The number of nitrogens with zero attached hydrogens (tertiary/aromatic N) is 4. The Labute approximate surface area is 120 Å². The van der Waals surface area contributed by atoms with E-state index in [4.69, 9.17) is 0 Å². The summed E-state index contributed by atoms with van der Waals surface area (Å²) in [5.74, 6) is -0.178. The predicted molar refractivity (Wildman–Crippen MR) is 74.2 cm³/mol. The Balaban J connectivity index is 1.94. The van der Waals surface area contributed by atoms with Crippen molar-refractivity contribution in [2.24, 2.45) is 0 Å². The Morgan fingerprint density at radius 3 is 2.71 bits per heavy atom. The van der Waals surface area contributed by atoms with Crippen molar-refractivity contribution in [2.75, 3.05) is 0 Å². The lowest BCUT2D eigenvalue weighted by Crippen LogP contribution is -2.34. The maximum absolute atomic E-state index is 12.0. The molecule has 0 radical (unpaired) electrons. The van der Waals surface area contributed by atoms with Crippen LogP contribution in [0.2, 0.25) is 0 Å². The summed E-state index contributed by atoms with van der Waals surface area (Å²) in [6, 6.07) is 0. The van der Waals surface area contributed by atoms with Crippen LogP contribution in [-0.4, -0.2) is 29.7 Å². The fraction of sp³-hybridized carbons (Fsp3) is 0.538. The Kier molecular flexibility index (Phi) is 3.59. The minimum Gasteiger partial charge on any atom is -0.494 e. The summed E-state index contributed by atoms with van der Waals surface area (Å²) >= 11 is 0. The zero-order valence-electron chi connectivity index (χ0n) is 11.5. The van der Waals surface area contributed by atoms with Crippen LogP contribution in [0.15, 0.2) is 22.0 Å². The second kappa shape index (κ2) is 5.55. The smallest absolute Gasteiger partial charge is 0.331 e. The van der Waals surface area contributed by atoms with Gasteiger partial charge in [0.1, 0.15) is 0 Å². The van der Waals surface area contributed by atoms with Crippen molar-refractivity contribution in [3.63, 3.8) is 0 Å². The maximum atomic E-state index is 12.0. The van der Waals surface area contributed by atoms with Crippen LogP contribution >= 0.6 is 0 Å². The van der Waals surface area contributed by atoms with Crippen molar-refractivity contribution in [3.05, 3.63) is 38.8 Å². The first-order valence-electron chi connectivity index (χ1n) is 7.07. The fourth-order valence-corrected chi connectivity index (χ4v) is 2.92. The third kappa shape index (κ3) is 2.61. The highest BCUT2D eigenvalue weighted by Crippen LogP contribution is 2.35. The molecule has 0 spiro atoms. The number of aromatic hydroxyl groups is 1. The highest BCUT2D eigenvalue weighted by atomic mass is 16.3. The molecule has 0 unspecified atom stereocenters. The molecule has 21 heavy (non-hydrogen) atoms. The summed E-state index contributed by atoms with van der Waals surface area (Å²) < 4.78 is 2.75. The molecule has 8 nitrogen and oxygen atoms in total. The number of aromatic amines is 1. The summed E-state index contributed by atoms with van der Waals surface area (Å²) in [4.78, 5) is 26.2. The van der Waals surface area contributed by atoms with Crippen molar-refractivity contribution in [3.8, 4) is 5.88 Å². The van der Waals surface area contributed by atoms with Gasteiger partial charge in [0.2, 0.25) is 5.88 Å². The lowest BCUT2D eigenvalue weighted by atomic mass is 10.00. The number of H-pyrrole nitrogens is 1. The zero-order chi connectivity index (χ0) is 14.8. The Hall–Kier alpha value is -2.38. The zero-order valence-corrected chi connectivity index (χ0v) is 11.5. The molecule has 1 saturated carbocycles. The van der Waals surface area contributed by atoms with Gasteiger partial charge in [0.05, 0.1) is 24.8 Å². The van der Waals surface area contributed by atoms with E-state index in [1.807, 2.05) is 0 Å². The molecule has 0 bridgehead atoms. The molecule has 2 aromatic rings. The second-order valence-electron chi connectivity index (χ2n) is 5.30. The van der Waals surface area contributed by atoms with E-state index in [2.05, 4.69) is 15.3 Å². The number of nitrogens with one attached hydrogen (secondary N) is 1.